The van der Waals surface area contributed by atoms with Gasteiger partial charge in [-0.3, -0.25) is 4.79 Å². The summed E-state index contributed by atoms with van der Waals surface area (Å²) in [7, 11) is 0. The number of carbonyl (C=O) groups is 1. The van der Waals surface area contributed by atoms with Gasteiger partial charge in [-0.1, -0.05) is 10.4 Å². The molecule has 1 fully saturated rings. The maximum atomic E-state index is 10.5. The molecule has 8 nitrogen and oxygen atoms in total. The van der Waals surface area contributed by atoms with Crippen LogP contribution in [0, 0.1) is 0 Å². The highest BCUT2D eigenvalue weighted by molar-refractivity contribution is 5.66. The van der Waals surface area contributed by atoms with Crippen molar-refractivity contribution in [1.29, 1.82) is 0 Å². The highest BCUT2D eigenvalue weighted by Gasteiger charge is 2.28. The number of hydrogen-bond donors (Lipinski definition) is 1. The van der Waals surface area contributed by atoms with Crippen LogP contribution in [-0.2, 0) is 17.8 Å². The monoisotopic (exact) mass is 263 g/mol. The van der Waals surface area contributed by atoms with Gasteiger partial charge >= 0.3 is 5.97 Å². The Balaban J connectivity index is 1.60. The van der Waals surface area contributed by atoms with Crippen molar-refractivity contribution in [3.8, 4) is 0 Å². The van der Waals surface area contributed by atoms with Crippen molar-refractivity contribution in [2.75, 3.05) is 0 Å². The fourth-order valence-electron chi connectivity index (χ4n) is 1.74. The van der Waals surface area contributed by atoms with Crippen LogP contribution in [-0.4, -0.2) is 36.2 Å². The lowest BCUT2D eigenvalue weighted by Crippen LogP contribution is -2.01. The molecule has 0 bridgehead atoms. The lowest BCUT2D eigenvalue weighted by atomic mass is 10.2. The molecule has 0 aromatic carbocycles. The van der Waals surface area contributed by atoms with Gasteiger partial charge in [-0.15, -0.1) is 5.10 Å². The Morgan fingerprint density at radius 3 is 3.11 bits per heavy atom. The second-order valence-corrected chi connectivity index (χ2v) is 4.62. The summed E-state index contributed by atoms with van der Waals surface area (Å²) < 4.78 is 6.70. The molecule has 2 aromatic heterocycles. The molecule has 0 unspecified atom stereocenters. The topological polar surface area (TPSA) is 107 Å². The van der Waals surface area contributed by atoms with E-state index in [2.05, 4.69) is 20.5 Å². The average molecular weight is 263 g/mol. The van der Waals surface area contributed by atoms with Crippen LogP contribution in [0.5, 0.6) is 0 Å². The Morgan fingerprint density at radius 1 is 1.53 bits per heavy atom. The van der Waals surface area contributed by atoms with Crippen LogP contribution in [0.4, 0.5) is 0 Å². The van der Waals surface area contributed by atoms with Crippen molar-refractivity contribution in [2.24, 2.45) is 0 Å². The van der Waals surface area contributed by atoms with Crippen LogP contribution in [0.1, 0.15) is 42.6 Å². The molecule has 0 spiro atoms. The zero-order valence-electron chi connectivity index (χ0n) is 10.2. The summed E-state index contributed by atoms with van der Waals surface area (Å²) >= 11 is 0. The van der Waals surface area contributed by atoms with Gasteiger partial charge in [0.15, 0.2) is 5.82 Å². The molecule has 0 radical (unpaired) electrons. The average Bonchev–Trinajstić information content (AvgIpc) is 2.96. The summed E-state index contributed by atoms with van der Waals surface area (Å²) in [6, 6.07) is 0. The molecule has 19 heavy (non-hydrogen) atoms. The van der Waals surface area contributed by atoms with Gasteiger partial charge in [0.2, 0.25) is 5.89 Å². The Bertz CT molecular complexity index is 587. The molecular formula is C11H13N5O3. The first-order chi connectivity index (χ1) is 9.20. The quantitative estimate of drug-likeness (QED) is 0.813. The summed E-state index contributed by atoms with van der Waals surface area (Å²) in [6.07, 6.45) is 4.37. The second kappa shape index (κ2) is 4.79. The van der Waals surface area contributed by atoms with E-state index in [-0.39, 0.29) is 6.42 Å². The number of carboxylic acids is 1. The molecule has 0 aliphatic heterocycles. The first kappa shape index (κ1) is 11.8. The number of aromatic nitrogens is 5. The van der Waals surface area contributed by atoms with Gasteiger partial charge in [0, 0.05) is 18.5 Å². The van der Waals surface area contributed by atoms with E-state index in [0.717, 1.165) is 18.7 Å². The molecule has 3 rings (SSSR count). The molecule has 0 amide bonds. The molecule has 0 atom stereocenters. The number of aliphatic carboxylic acids is 1. The van der Waals surface area contributed by atoms with Crippen LogP contribution in [0.2, 0.25) is 0 Å². The van der Waals surface area contributed by atoms with Crippen LogP contribution < -0.4 is 0 Å². The Kier molecular flexibility index (Phi) is 2.98. The minimum Gasteiger partial charge on any atom is -0.481 e. The van der Waals surface area contributed by atoms with E-state index >= 15 is 0 Å². The SMILES string of the molecule is O=C(O)CCc1cn(Cc2nc(C3CC3)no2)nn1. The first-order valence-electron chi connectivity index (χ1n) is 6.14. The van der Waals surface area contributed by atoms with Crippen molar-refractivity contribution >= 4 is 5.97 Å². The third-order valence-electron chi connectivity index (χ3n) is 2.90. The third kappa shape index (κ3) is 2.95. The van der Waals surface area contributed by atoms with E-state index in [1.165, 1.54) is 0 Å². The first-order valence-corrected chi connectivity index (χ1v) is 6.14. The Labute approximate surface area is 108 Å². The lowest BCUT2D eigenvalue weighted by Gasteiger charge is -1.92. The van der Waals surface area contributed by atoms with Crippen molar-refractivity contribution < 1.29 is 14.4 Å². The summed E-state index contributed by atoms with van der Waals surface area (Å²) in [6.45, 7) is 0.361. The van der Waals surface area contributed by atoms with E-state index in [0.29, 0.717) is 30.5 Å². The molecule has 100 valence electrons. The van der Waals surface area contributed by atoms with E-state index in [4.69, 9.17) is 9.63 Å². The van der Waals surface area contributed by atoms with E-state index in [1.54, 1.807) is 10.9 Å². The molecule has 1 N–H and O–H groups in total. The van der Waals surface area contributed by atoms with Gasteiger partial charge in [-0.25, -0.2) is 4.68 Å². The van der Waals surface area contributed by atoms with Gasteiger partial charge in [0.25, 0.3) is 0 Å². The van der Waals surface area contributed by atoms with E-state index in [9.17, 15) is 4.79 Å². The fourth-order valence-corrected chi connectivity index (χ4v) is 1.74. The van der Waals surface area contributed by atoms with Gasteiger partial charge in [0.05, 0.1) is 12.1 Å². The molecule has 2 aromatic rings. The van der Waals surface area contributed by atoms with Gasteiger partial charge in [-0.2, -0.15) is 4.98 Å². The van der Waals surface area contributed by atoms with Crippen molar-refractivity contribution in [3.05, 3.63) is 23.6 Å². The molecule has 1 aliphatic carbocycles. The van der Waals surface area contributed by atoms with Crippen LogP contribution >= 0.6 is 0 Å². The van der Waals surface area contributed by atoms with Gasteiger partial charge in [-0.05, 0) is 12.8 Å². The highest BCUT2D eigenvalue weighted by atomic mass is 16.5. The van der Waals surface area contributed by atoms with Crippen molar-refractivity contribution in [2.45, 2.75) is 38.1 Å². The second-order valence-electron chi connectivity index (χ2n) is 4.62. The van der Waals surface area contributed by atoms with E-state index in [1.807, 2.05) is 0 Å². The number of aryl methyl sites for hydroxylation is 1. The molecule has 1 saturated carbocycles. The number of nitrogens with zero attached hydrogens (tertiary/aromatic N) is 5. The zero-order valence-corrected chi connectivity index (χ0v) is 10.2. The lowest BCUT2D eigenvalue weighted by molar-refractivity contribution is -0.136. The van der Waals surface area contributed by atoms with Crippen LogP contribution in [0.25, 0.3) is 0 Å². The molecular weight excluding hydrogens is 250 g/mol. The fraction of sp³-hybridized carbons (Fsp3) is 0.545. The predicted molar refractivity (Wildman–Crippen MR) is 61.4 cm³/mol. The number of carboxylic acid groups (broad SMARTS) is 1. The van der Waals surface area contributed by atoms with Crippen molar-refractivity contribution in [1.82, 2.24) is 25.1 Å². The molecule has 8 heteroatoms. The van der Waals surface area contributed by atoms with E-state index < -0.39 is 5.97 Å². The molecule has 1 aliphatic rings. The largest absolute Gasteiger partial charge is 0.481 e. The third-order valence-corrected chi connectivity index (χ3v) is 2.90. The summed E-state index contributed by atoms with van der Waals surface area (Å²) in [5.41, 5.74) is 0.643. The summed E-state index contributed by atoms with van der Waals surface area (Å²) in [5, 5.41) is 20.3. The van der Waals surface area contributed by atoms with Gasteiger partial charge < -0.3 is 9.63 Å². The zero-order chi connectivity index (χ0) is 13.2. The normalized spacial score (nSPS) is 14.7. The standard InChI is InChI=1S/C11H13N5O3/c17-10(18)4-3-8-5-16(15-13-8)6-9-12-11(14-19-9)7-1-2-7/h5,7H,1-4,6H2,(H,17,18). The minimum absolute atomic E-state index is 0.0467. The summed E-state index contributed by atoms with van der Waals surface area (Å²) in [4.78, 5) is 14.7. The number of hydrogen-bond acceptors (Lipinski definition) is 6. The molecule has 2 heterocycles. The minimum atomic E-state index is -0.847. The number of rotatable bonds is 6. The highest BCUT2D eigenvalue weighted by Crippen LogP contribution is 2.38. The smallest absolute Gasteiger partial charge is 0.303 e. The molecule has 0 saturated heterocycles. The maximum Gasteiger partial charge on any atom is 0.303 e. The maximum absolute atomic E-state index is 10.5. The van der Waals surface area contributed by atoms with Crippen LogP contribution in [0.3, 0.4) is 0 Å². The van der Waals surface area contributed by atoms with Crippen LogP contribution in [0.15, 0.2) is 10.7 Å². The Hall–Kier alpha value is -2.25. The predicted octanol–water partition coefficient (Wildman–Crippen LogP) is 0.604. The van der Waals surface area contributed by atoms with Crippen molar-refractivity contribution in [3.63, 3.8) is 0 Å². The summed E-state index contributed by atoms with van der Waals surface area (Å²) in [5.74, 6) is 0.873. The Morgan fingerprint density at radius 2 is 2.37 bits per heavy atom. The van der Waals surface area contributed by atoms with Gasteiger partial charge in [0.1, 0.15) is 6.54 Å².